The van der Waals surface area contributed by atoms with E-state index >= 15 is 0 Å². The van der Waals surface area contributed by atoms with Crippen LogP contribution in [0.3, 0.4) is 0 Å². The summed E-state index contributed by atoms with van der Waals surface area (Å²) in [6, 6.07) is 12.8. The van der Waals surface area contributed by atoms with Crippen molar-refractivity contribution >= 4 is 11.8 Å². The van der Waals surface area contributed by atoms with Crippen LogP contribution in [-0.4, -0.2) is 35.4 Å². The Morgan fingerprint density at radius 2 is 1.57 bits per heavy atom. The number of hydrogen-bond donors (Lipinski definition) is 1. The number of carbonyl (C=O) groups is 2. The average molecular weight is 415 g/mol. The molecule has 0 saturated heterocycles. The van der Waals surface area contributed by atoms with Crippen molar-refractivity contribution in [1.29, 1.82) is 0 Å². The van der Waals surface area contributed by atoms with Gasteiger partial charge in [0.2, 0.25) is 5.91 Å². The van der Waals surface area contributed by atoms with Crippen molar-refractivity contribution in [2.24, 2.45) is 0 Å². The predicted molar refractivity (Wildman–Crippen MR) is 116 cm³/mol. The minimum absolute atomic E-state index is 0.0431. The molecule has 0 aliphatic rings. The van der Waals surface area contributed by atoms with E-state index < -0.39 is 6.04 Å². The molecular formula is C24H31FN2O3. The maximum absolute atomic E-state index is 13.2. The molecule has 1 atom stereocenters. The highest BCUT2D eigenvalue weighted by atomic mass is 19.1. The summed E-state index contributed by atoms with van der Waals surface area (Å²) in [5, 5.41) is 2.83. The molecule has 0 heterocycles. The van der Waals surface area contributed by atoms with Gasteiger partial charge in [0.05, 0.1) is 0 Å². The Bertz CT molecular complexity index is 833. The largest absolute Gasteiger partial charge is 0.484 e. The minimum Gasteiger partial charge on any atom is -0.484 e. The van der Waals surface area contributed by atoms with E-state index in [1.54, 1.807) is 19.1 Å². The summed E-state index contributed by atoms with van der Waals surface area (Å²) in [4.78, 5) is 26.9. The first kappa shape index (κ1) is 23.4. The number of hydrogen-bond acceptors (Lipinski definition) is 3. The first-order valence-corrected chi connectivity index (χ1v) is 10.2. The molecule has 1 N–H and O–H groups in total. The third-order valence-electron chi connectivity index (χ3n) is 4.77. The van der Waals surface area contributed by atoms with E-state index in [-0.39, 0.29) is 36.8 Å². The molecule has 0 spiro atoms. The summed E-state index contributed by atoms with van der Waals surface area (Å²) in [6.07, 6.45) is 0. The van der Waals surface area contributed by atoms with Crippen LogP contribution in [0.1, 0.15) is 51.7 Å². The van der Waals surface area contributed by atoms with Crippen LogP contribution in [0.4, 0.5) is 4.39 Å². The molecule has 5 nitrogen and oxygen atoms in total. The van der Waals surface area contributed by atoms with E-state index in [1.165, 1.54) is 22.6 Å². The molecule has 2 rings (SSSR count). The highest BCUT2D eigenvalue weighted by molar-refractivity contribution is 5.88. The van der Waals surface area contributed by atoms with Gasteiger partial charge >= 0.3 is 0 Å². The van der Waals surface area contributed by atoms with Gasteiger partial charge < -0.3 is 15.0 Å². The summed E-state index contributed by atoms with van der Waals surface area (Å²) in [7, 11) is 0. The van der Waals surface area contributed by atoms with Crippen LogP contribution in [0.2, 0.25) is 0 Å². The van der Waals surface area contributed by atoms with Gasteiger partial charge in [-0.25, -0.2) is 4.39 Å². The normalized spacial score (nSPS) is 12.0. The van der Waals surface area contributed by atoms with Gasteiger partial charge in [0, 0.05) is 12.6 Å². The van der Waals surface area contributed by atoms with Crippen LogP contribution < -0.4 is 10.1 Å². The van der Waals surface area contributed by atoms with Crippen LogP contribution in [0, 0.1) is 5.82 Å². The minimum atomic E-state index is -0.697. The molecular weight excluding hydrogens is 383 g/mol. The second-order valence-electron chi connectivity index (χ2n) is 8.00. The maximum atomic E-state index is 13.2. The molecule has 2 aromatic carbocycles. The van der Waals surface area contributed by atoms with Gasteiger partial charge in [-0.2, -0.15) is 0 Å². The molecule has 2 amide bonds. The second kappa shape index (κ2) is 10.8. The van der Waals surface area contributed by atoms with Gasteiger partial charge in [0.1, 0.15) is 17.6 Å². The highest BCUT2D eigenvalue weighted by Crippen LogP contribution is 2.19. The van der Waals surface area contributed by atoms with Crippen molar-refractivity contribution in [3.05, 3.63) is 65.5 Å². The van der Waals surface area contributed by atoms with Gasteiger partial charge in [-0.15, -0.1) is 0 Å². The van der Waals surface area contributed by atoms with Gasteiger partial charge in [0.15, 0.2) is 6.61 Å². The fourth-order valence-electron chi connectivity index (χ4n) is 2.95. The smallest absolute Gasteiger partial charge is 0.261 e. The Balaban J connectivity index is 2.11. The van der Waals surface area contributed by atoms with Crippen LogP contribution in [-0.2, 0) is 16.1 Å². The predicted octanol–water partition coefficient (Wildman–Crippen LogP) is 4.27. The number of carbonyl (C=O) groups excluding carboxylic acids is 2. The number of benzene rings is 2. The molecule has 0 radical (unpaired) electrons. The number of ether oxygens (including phenoxy) is 1. The summed E-state index contributed by atoms with van der Waals surface area (Å²) in [5.41, 5.74) is 1.92. The van der Waals surface area contributed by atoms with Gasteiger partial charge in [0.25, 0.3) is 5.91 Å². The Hall–Kier alpha value is -2.89. The van der Waals surface area contributed by atoms with Crippen LogP contribution in [0.15, 0.2) is 48.5 Å². The van der Waals surface area contributed by atoms with E-state index in [4.69, 9.17) is 4.74 Å². The molecule has 0 aromatic heterocycles. The fraction of sp³-hybridized carbons (Fsp3) is 0.417. The quantitative estimate of drug-likeness (QED) is 0.667. The third-order valence-corrected chi connectivity index (χ3v) is 4.77. The Morgan fingerprint density at radius 1 is 0.967 bits per heavy atom. The lowest BCUT2D eigenvalue weighted by Crippen LogP contribution is -2.50. The first-order valence-electron chi connectivity index (χ1n) is 10.2. The molecule has 2 aromatic rings. The Labute approximate surface area is 178 Å². The van der Waals surface area contributed by atoms with E-state index in [0.717, 1.165) is 5.56 Å². The summed E-state index contributed by atoms with van der Waals surface area (Å²) < 4.78 is 18.9. The number of rotatable bonds is 9. The molecule has 0 unspecified atom stereocenters. The first-order chi connectivity index (χ1) is 14.2. The number of nitrogens with one attached hydrogen (secondary N) is 1. The van der Waals surface area contributed by atoms with E-state index in [0.29, 0.717) is 11.7 Å². The molecule has 30 heavy (non-hydrogen) atoms. The standard InChI is InChI=1S/C24H31FN2O3/c1-16(2)20-8-12-22(13-9-20)30-15-23(28)27(18(5)24(29)26-17(3)4)14-19-6-10-21(25)11-7-19/h6-13,16-18H,14-15H2,1-5H3,(H,26,29)/t18-/m1/s1. The number of halogens is 1. The lowest BCUT2D eigenvalue weighted by Gasteiger charge is -2.29. The second-order valence-corrected chi connectivity index (χ2v) is 8.00. The summed E-state index contributed by atoms with van der Waals surface area (Å²) >= 11 is 0. The topological polar surface area (TPSA) is 58.6 Å². The van der Waals surface area contributed by atoms with Crippen molar-refractivity contribution in [3.8, 4) is 5.75 Å². The van der Waals surface area contributed by atoms with E-state index in [9.17, 15) is 14.0 Å². The van der Waals surface area contributed by atoms with E-state index in [2.05, 4.69) is 19.2 Å². The highest BCUT2D eigenvalue weighted by Gasteiger charge is 2.26. The molecule has 6 heteroatoms. The van der Waals surface area contributed by atoms with Crippen LogP contribution >= 0.6 is 0 Å². The summed E-state index contributed by atoms with van der Waals surface area (Å²) in [6.45, 7) is 9.60. The molecule has 0 aliphatic carbocycles. The maximum Gasteiger partial charge on any atom is 0.261 e. The zero-order valence-electron chi connectivity index (χ0n) is 18.3. The van der Waals surface area contributed by atoms with Gasteiger partial charge in [-0.3, -0.25) is 9.59 Å². The van der Waals surface area contributed by atoms with Crippen molar-refractivity contribution < 1.29 is 18.7 Å². The Kier molecular flexibility index (Phi) is 8.39. The monoisotopic (exact) mass is 414 g/mol. The molecule has 0 bridgehead atoms. The summed E-state index contributed by atoms with van der Waals surface area (Å²) in [5.74, 6) is 0.0804. The van der Waals surface area contributed by atoms with E-state index in [1.807, 2.05) is 38.1 Å². The van der Waals surface area contributed by atoms with Crippen molar-refractivity contribution in [2.75, 3.05) is 6.61 Å². The van der Waals surface area contributed by atoms with Gasteiger partial charge in [-0.05, 0) is 62.1 Å². The molecule has 0 aliphatic heterocycles. The molecule has 162 valence electrons. The van der Waals surface area contributed by atoms with Crippen LogP contribution in [0.25, 0.3) is 0 Å². The van der Waals surface area contributed by atoms with Crippen molar-refractivity contribution in [1.82, 2.24) is 10.2 Å². The third kappa shape index (κ3) is 6.87. The van der Waals surface area contributed by atoms with Crippen molar-refractivity contribution in [2.45, 2.75) is 59.2 Å². The fourth-order valence-corrected chi connectivity index (χ4v) is 2.95. The molecule has 0 fully saturated rings. The molecule has 0 saturated carbocycles. The number of amides is 2. The van der Waals surface area contributed by atoms with Crippen molar-refractivity contribution in [3.63, 3.8) is 0 Å². The lowest BCUT2D eigenvalue weighted by molar-refractivity contribution is -0.142. The SMILES string of the molecule is CC(C)NC(=O)[C@@H](C)N(Cc1ccc(F)cc1)C(=O)COc1ccc(C(C)C)cc1. The zero-order chi connectivity index (χ0) is 22.3. The number of nitrogens with zero attached hydrogens (tertiary/aromatic N) is 1. The zero-order valence-corrected chi connectivity index (χ0v) is 18.3. The average Bonchev–Trinajstić information content (AvgIpc) is 2.70. The Morgan fingerprint density at radius 3 is 2.10 bits per heavy atom. The van der Waals surface area contributed by atoms with Crippen LogP contribution in [0.5, 0.6) is 5.75 Å². The van der Waals surface area contributed by atoms with Gasteiger partial charge in [-0.1, -0.05) is 38.1 Å². The lowest BCUT2D eigenvalue weighted by atomic mass is 10.0.